The summed E-state index contributed by atoms with van der Waals surface area (Å²) >= 11 is 0. The molecule has 2 heterocycles. The fourth-order valence-electron chi connectivity index (χ4n) is 3.12. The van der Waals surface area contributed by atoms with E-state index in [0.29, 0.717) is 24.9 Å². The van der Waals surface area contributed by atoms with E-state index in [9.17, 15) is 4.79 Å². The normalized spacial score (nSPS) is 22.1. The second-order valence-corrected chi connectivity index (χ2v) is 7.44. The van der Waals surface area contributed by atoms with Gasteiger partial charge in [0.25, 0.3) is 0 Å². The molecular formula is C17H29N3O3. The van der Waals surface area contributed by atoms with Crippen molar-refractivity contribution >= 4 is 5.91 Å². The highest BCUT2D eigenvalue weighted by atomic mass is 16.5. The number of methoxy groups -OCH3 is 1. The molecule has 0 aromatic carbocycles. The van der Waals surface area contributed by atoms with Crippen molar-refractivity contribution in [3.63, 3.8) is 0 Å². The number of carbonyl (C=O) groups excluding carboxylic acids is 1. The summed E-state index contributed by atoms with van der Waals surface area (Å²) in [7, 11) is 1.64. The second-order valence-electron chi connectivity index (χ2n) is 7.44. The molecule has 6 nitrogen and oxygen atoms in total. The SMILES string of the molecule is COCc1cc(C[C@H]2CNCC[C@@H]2CC(=O)NC(C)(C)C)no1. The first-order chi connectivity index (χ1) is 10.9. The zero-order valence-electron chi connectivity index (χ0n) is 14.6. The molecule has 1 aromatic heterocycles. The number of rotatable bonds is 6. The molecule has 1 aromatic rings. The first kappa shape index (κ1) is 17.9. The number of amides is 1. The van der Waals surface area contributed by atoms with Crippen LogP contribution in [0.3, 0.4) is 0 Å². The van der Waals surface area contributed by atoms with Crippen molar-refractivity contribution in [3.8, 4) is 0 Å². The van der Waals surface area contributed by atoms with Crippen LogP contribution in [0, 0.1) is 11.8 Å². The second kappa shape index (κ2) is 7.93. The molecule has 0 saturated carbocycles. The highest BCUT2D eigenvalue weighted by Gasteiger charge is 2.29. The van der Waals surface area contributed by atoms with Crippen molar-refractivity contribution in [2.75, 3.05) is 20.2 Å². The molecule has 1 amide bonds. The summed E-state index contributed by atoms with van der Waals surface area (Å²) < 4.78 is 10.3. The summed E-state index contributed by atoms with van der Waals surface area (Å²) in [6, 6.07) is 1.95. The molecule has 2 N–H and O–H groups in total. The van der Waals surface area contributed by atoms with Crippen molar-refractivity contribution in [2.24, 2.45) is 11.8 Å². The topological polar surface area (TPSA) is 76.4 Å². The molecule has 0 spiro atoms. The van der Waals surface area contributed by atoms with Gasteiger partial charge in [0.05, 0.1) is 5.69 Å². The summed E-state index contributed by atoms with van der Waals surface area (Å²) in [6.07, 6.45) is 2.42. The van der Waals surface area contributed by atoms with Gasteiger partial charge in [-0.05, 0) is 58.5 Å². The number of hydrogen-bond donors (Lipinski definition) is 2. The molecule has 0 aliphatic carbocycles. The first-order valence-corrected chi connectivity index (χ1v) is 8.32. The number of nitrogens with zero attached hydrogens (tertiary/aromatic N) is 1. The Morgan fingerprint density at radius 1 is 1.48 bits per heavy atom. The van der Waals surface area contributed by atoms with E-state index in [4.69, 9.17) is 9.26 Å². The van der Waals surface area contributed by atoms with Crippen LogP contribution in [0.5, 0.6) is 0 Å². The molecule has 1 fully saturated rings. The van der Waals surface area contributed by atoms with Crippen LogP contribution >= 0.6 is 0 Å². The Morgan fingerprint density at radius 3 is 2.96 bits per heavy atom. The summed E-state index contributed by atoms with van der Waals surface area (Å²) in [5, 5.41) is 10.6. The molecule has 2 atom stereocenters. The van der Waals surface area contributed by atoms with Crippen LogP contribution in [-0.4, -0.2) is 36.8 Å². The third-order valence-corrected chi connectivity index (χ3v) is 4.09. The van der Waals surface area contributed by atoms with E-state index in [-0.39, 0.29) is 11.4 Å². The molecule has 1 saturated heterocycles. The summed E-state index contributed by atoms with van der Waals surface area (Å²) in [4.78, 5) is 12.2. The van der Waals surface area contributed by atoms with Gasteiger partial charge < -0.3 is 19.9 Å². The predicted octanol–water partition coefficient (Wildman–Crippen LogP) is 1.89. The van der Waals surface area contributed by atoms with E-state index in [0.717, 1.165) is 37.4 Å². The minimum atomic E-state index is -0.180. The number of carbonyl (C=O) groups is 1. The molecule has 130 valence electrons. The van der Waals surface area contributed by atoms with E-state index in [1.807, 2.05) is 26.8 Å². The van der Waals surface area contributed by atoms with Gasteiger partial charge in [-0.15, -0.1) is 0 Å². The largest absolute Gasteiger partial charge is 0.377 e. The van der Waals surface area contributed by atoms with Crippen molar-refractivity contribution in [1.29, 1.82) is 0 Å². The molecule has 23 heavy (non-hydrogen) atoms. The Hall–Kier alpha value is -1.40. The van der Waals surface area contributed by atoms with Gasteiger partial charge in [-0.3, -0.25) is 4.79 Å². The predicted molar refractivity (Wildman–Crippen MR) is 87.9 cm³/mol. The number of piperidine rings is 1. The van der Waals surface area contributed by atoms with Crippen LogP contribution in [0.15, 0.2) is 10.6 Å². The highest BCUT2D eigenvalue weighted by molar-refractivity contribution is 5.76. The van der Waals surface area contributed by atoms with Gasteiger partial charge in [0.15, 0.2) is 5.76 Å². The fraction of sp³-hybridized carbons (Fsp3) is 0.765. The maximum atomic E-state index is 12.2. The molecule has 0 unspecified atom stereocenters. The zero-order chi connectivity index (χ0) is 16.9. The monoisotopic (exact) mass is 323 g/mol. The van der Waals surface area contributed by atoms with E-state index in [1.165, 1.54) is 0 Å². The fourth-order valence-corrected chi connectivity index (χ4v) is 3.12. The van der Waals surface area contributed by atoms with Crippen molar-refractivity contribution in [2.45, 2.75) is 52.2 Å². The number of nitrogens with one attached hydrogen (secondary N) is 2. The van der Waals surface area contributed by atoms with E-state index in [1.54, 1.807) is 7.11 Å². The zero-order valence-corrected chi connectivity index (χ0v) is 14.6. The Balaban J connectivity index is 1.93. The standard InChI is InChI=1S/C17H29N3O3/c1-17(2,3)19-16(21)8-12-5-6-18-10-13(12)7-14-9-15(11-22-4)23-20-14/h9,12-13,18H,5-8,10-11H2,1-4H3,(H,19,21)/t12-,13+/m1/s1. The minimum Gasteiger partial charge on any atom is -0.377 e. The first-order valence-electron chi connectivity index (χ1n) is 8.32. The number of ether oxygens (including phenoxy) is 1. The maximum absolute atomic E-state index is 12.2. The van der Waals surface area contributed by atoms with Gasteiger partial charge in [-0.2, -0.15) is 0 Å². The lowest BCUT2D eigenvalue weighted by Crippen LogP contribution is -2.44. The van der Waals surface area contributed by atoms with Gasteiger partial charge in [0.2, 0.25) is 5.91 Å². The Morgan fingerprint density at radius 2 is 2.26 bits per heavy atom. The summed E-state index contributed by atoms with van der Waals surface area (Å²) in [6.45, 7) is 8.36. The molecular weight excluding hydrogens is 294 g/mol. The molecule has 6 heteroatoms. The van der Waals surface area contributed by atoms with Gasteiger partial charge in [-0.1, -0.05) is 5.16 Å². The highest BCUT2D eigenvalue weighted by Crippen LogP contribution is 2.26. The van der Waals surface area contributed by atoms with Crippen molar-refractivity contribution < 1.29 is 14.1 Å². The smallest absolute Gasteiger partial charge is 0.220 e. The average Bonchev–Trinajstić information content (AvgIpc) is 2.87. The average molecular weight is 323 g/mol. The van der Waals surface area contributed by atoms with E-state index in [2.05, 4.69) is 15.8 Å². The van der Waals surface area contributed by atoms with Crippen LogP contribution < -0.4 is 10.6 Å². The maximum Gasteiger partial charge on any atom is 0.220 e. The van der Waals surface area contributed by atoms with Gasteiger partial charge in [0.1, 0.15) is 6.61 Å². The quantitative estimate of drug-likeness (QED) is 0.836. The van der Waals surface area contributed by atoms with Gasteiger partial charge >= 0.3 is 0 Å². The lowest BCUT2D eigenvalue weighted by atomic mass is 9.81. The molecule has 1 aliphatic heterocycles. The van der Waals surface area contributed by atoms with Crippen molar-refractivity contribution in [1.82, 2.24) is 15.8 Å². The van der Waals surface area contributed by atoms with Crippen LogP contribution in [0.25, 0.3) is 0 Å². The lowest BCUT2D eigenvalue weighted by molar-refractivity contribution is -0.124. The summed E-state index contributed by atoms with van der Waals surface area (Å²) in [5.41, 5.74) is 0.757. The van der Waals surface area contributed by atoms with Gasteiger partial charge in [0, 0.05) is 25.1 Å². The third kappa shape index (κ3) is 5.95. The molecule has 1 aliphatic rings. The molecule has 2 rings (SSSR count). The van der Waals surface area contributed by atoms with Gasteiger partial charge in [-0.25, -0.2) is 0 Å². The third-order valence-electron chi connectivity index (χ3n) is 4.09. The number of hydrogen-bond acceptors (Lipinski definition) is 5. The Bertz CT molecular complexity index is 507. The van der Waals surface area contributed by atoms with Crippen LogP contribution in [0.1, 0.15) is 45.1 Å². The molecule has 0 radical (unpaired) electrons. The van der Waals surface area contributed by atoms with Crippen LogP contribution in [0.2, 0.25) is 0 Å². The van der Waals surface area contributed by atoms with E-state index < -0.39 is 0 Å². The number of aromatic nitrogens is 1. The Labute approximate surface area is 138 Å². The van der Waals surface area contributed by atoms with E-state index >= 15 is 0 Å². The summed E-state index contributed by atoms with van der Waals surface area (Å²) in [5.74, 6) is 1.65. The van der Waals surface area contributed by atoms with Crippen LogP contribution in [-0.2, 0) is 22.6 Å². The minimum absolute atomic E-state index is 0.134. The lowest BCUT2D eigenvalue weighted by Gasteiger charge is -2.32. The van der Waals surface area contributed by atoms with Crippen molar-refractivity contribution in [3.05, 3.63) is 17.5 Å². The van der Waals surface area contributed by atoms with Crippen LogP contribution in [0.4, 0.5) is 0 Å². The molecule has 0 bridgehead atoms. The Kier molecular flexibility index (Phi) is 6.18.